The quantitative estimate of drug-likeness (QED) is 0.781. The van der Waals surface area contributed by atoms with Crippen LogP contribution in [0.25, 0.3) is 0 Å². The van der Waals surface area contributed by atoms with Crippen molar-refractivity contribution in [3.05, 3.63) is 47.2 Å². The van der Waals surface area contributed by atoms with Crippen LogP contribution in [0.4, 0.5) is 13.6 Å². The summed E-state index contributed by atoms with van der Waals surface area (Å²) in [5.41, 5.74) is 0.775. The first-order valence-electron chi connectivity index (χ1n) is 5.22. The molecule has 0 spiro atoms. The van der Waals surface area contributed by atoms with Crippen molar-refractivity contribution in [1.82, 2.24) is 5.32 Å². The van der Waals surface area contributed by atoms with Crippen LogP contribution >= 0.6 is 0 Å². The maximum atomic E-state index is 13.2. The number of halogens is 2. The molecule has 0 bridgehead atoms. The lowest BCUT2D eigenvalue weighted by Gasteiger charge is -2.19. The Labute approximate surface area is 102 Å². The molecule has 1 amide bonds. The van der Waals surface area contributed by atoms with Crippen molar-refractivity contribution < 1.29 is 23.0 Å². The Balaban J connectivity index is 2.25. The van der Waals surface area contributed by atoms with Crippen molar-refractivity contribution in [2.24, 2.45) is 0 Å². The number of ether oxygens (including phenoxy) is 2. The molecule has 6 heteroatoms. The van der Waals surface area contributed by atoms with Crippen molar-refractivity contribution in [2.45, 2.75) is 6.17 Å². The van der Waals surface area contributed by atoms with Crippen LogP contribution < -0.4 is 5.32 Å². The minimum absolute atomic E-state index is 0.0621. The van der Waals surface area contributed by atoms with Gasteiger partial charge in [-0.2, -0.15) is 0 Å². The van der Waals surface area contributed by atoms with Crippen LogP contribution in [0.5, 0.6) is 0 Å². The largest absolute Gasteiger partial charge is 0.487 e. The van der Waals surface area contributed by atoms with Gasteiger partial charge in [-0.25, -0.2) is 13.6 Å². The van der Waals surface area contributed by atoms with Gasteiger partial charge < -0.3 is 9.47 Å². The summed E-state index contributed by atoms with van der Waals surface area (Å²) in [6.07, 6.45) is 2.48. The Hall–Kier alpha value is -2.11. The van der Waals surface area contributed by atoms with Crippen LogP contribution in [0.2, 0.25) is 0 Å². The Morgan fingerprint density at radius 1 is 1.50 bits per heavy atom. The number of carbonyl (C=O) groups excluding carboxylic acids is 1. The van der Waals surface area contributed by atoms with Crippen molar-refractivity contribution >= 4 is 6.09 Å². The molecular weight excluding hydrogens is 244 g/mol. The first-order chi connectivity index (χ1) is 8.58. The number of amides is 1. The van der Waals surface area contributed by atoms with Crippen LogP contribution in [-0.4, -0.2) is 26.0 Å². The van der Waals surface area contributed by atoms with Crippen LogP contribution in [0, 0.1) is 0 Å². The van der Waals surface area contributed by atoms with Crippen LogP contribution in [0.1, 0.15) is 0 Å². The lowest BCUT2D eigenvalue weighted by atomic mass is 10.1. The molecular formula is C12H11F2NO3. The van der Waals surface area contributed by atoms with Gasteiger partial charge in [-0.3, -0.25) is 5.32 Å². The average molecular weight is 255 g/mol. The van der Waals surface area contributed by atoms with Crippen molar-refractivity contribution in [3.63, 3.8) is 0 Å². The minimum atomic E-state index is -1.53. The lowest BCUT2D eigenvalue weighted by Crippen LogP contribution is -2.27. The highest BCUT2D eigenvalue weighted by Crippen LogP contribution is 2.26. The molecule has 18 heavy (non-hydrogen) atoms. The minimum Gasteiger partial charge on any atom is -0.487 e. The first-order valence-corrected chi connectivity index (χ1v) is 5.22. The molecule has 1 atom stereocenters. The normalized spacial score (nSPS) is 22.3. The molecule has 1 N–H and O–H groups in total. The van der Waals surface area contributed by atoms with Crippen molar-refractivity contribution in [1.29, 1.82) is 0 Å². The second-order valence-corrected chi connectivity index (χ2v) is 3.70. The van der Waals surface area contributed by atoms with E-state index in [0.29, 0.717) is 11.3 Å². The number of hydrogen-bond acceptors (Lipinski definition) is 3. The van der Waals surface area contributed by atoms with E-state index in [1.807, 2.05) is 0 Å². The zero-order valence-corrected chi connectivity index (χ0v) is 9.57. The fourth-order valence-corrected chi connectivity index (χ4v) is 1.59. The summed E-state index contributed by atoms with van der Waals surface area (Å²) in [4.78, 5) is 11.0. The van der Waals surface area contributed by atoms with Gasteiger partial charge in [0.1, 0.15) is 24.4 Å². The van der Waals surface area contributed by atoms with E-state index in [-0.39, 0.29) is 12.4 Å². The highest BCUT2D eigenvalue weighted by Gasteiger charge is 2.20. The summed E-state index contributed by atoms with van der Waals surface area (Å²) in [6, 6.07) is 0. The van der Waals surface area contributed by atoms with Gasteiger partial charge >= 0.3 is 6.09 Å². The summed E-state index contributed by atoms with van der Waals surface area (Å²) in [5, 5.41) is 2.42. The summed E-state index contributed by atoms with van der Waals surface area (Å²) >= 11 is 0. The third-order valence-electron chi connectivity index (χ3n) is 2.37. The number of fused-ring (bicyclic) bond motifs is 1. The van der Waals surface area contributed by atoms with Gasteiger partial charge in [0.15, 0.2) is 0 Å². The monoisotopic (exact) mass is 255 g/mol. The molecule has 4 nitrogen and oxygen atoms in total. The van der Waals surface area contributed by atoms with Gasteiger partial charge in [0, 0.05) is 5.57 Å². The molecule has 1 unspecified atom stereocenters. The highest BCUT2D eigenvalue weighted by molar-refractivity contribution is 5.70. The van der Waals surface area contributed by atoms with Gasteiger partial charge in [-0.05, 0) is 24.3 Å². The molecule has 96 valence electrons. The molecule has 1 heterocycles. The number of rotatable bonds is 1. The number of nitrogens with one attached hydrogen (secondary N) is 1. The number of allylic oxidation sites excluding steroid dienone is 5. The average Bonchev–Trinajstić information content (AvgIpc) is 2.45. The maximum absolute atomic E-state index is 13.2. The number of hydrogen-bond donors (Lipinski definition) is 1. The Kier molecular flexibility index (Phi) is 3.45. The number of alkyl carbamates (subject to hydrolysis) is 1. The summed E-state index contributed by atoms with van der Waals surface area (Å²) in [5.74, 6) is -0.440. The summed E-state index contributed by atoms with van der Waals surface area (Å²) < 4.78 is 36.1. The SMILES string of the molecule is COC(=O)NC1=CC2=CC(F)=CC(F)C=C2OC1. The van der Waals surface area contributed by atoms with Gasteiger partial charge in [-0.1, -0.05) is 0 Å². The van der Waals surface area contributed by atoms with Crippen LogP contribution in [0.15, 0.2) is 47.2 Å². The molecule has 0 radical (unpaired) electrons. The zero-order chi connectivity index (χ0) is 13.1. The molecule has 0 saturated heterocycles. The molecule has 0 aromatic heterocycles. The molecule has 2 rings (SSSR count). The van der Waals surface area contributed by atoms with Gasteiger partial charge in [-0.15, -0.1) is 0 Å². The Morgan fingerprint density at radius 2 is 2.28 bits per heavy atom. The number of alkyl halides is 1. The van der Waals surface area contributed by atoms with E-state index >= 15 is 0 Å². The first kappa shape index (κ1) is 12.3. The summed E-state index contributed by atoms with van der Waals surface area (Å²) in [6.45, 7) is 0.0621. The standard InChI is InChI=1S/C12H11F2NO3/c1-17-12(16)15-10-3-7-2-8(13)4-9(14)5-11(7)18-6-10/h2-5,9H,6H2,1H3,(H,15,16). The molecule has 0 saturated carbocycles. The second-order valence-electron chi connectivity index (χ2n) is 3.70. The van der Waals surface area contributed by atoms with Crippen molar-refractivity contribution in [3.8, 4) is 0 Å². The predicted molar refractivity (Wildman–Crippen MR) is 59.8 cm³/mol. The van der Waals surface area contributed by atoms with E-state index in [1.165, 1.54) is 19.3 Å². The molecule has 0 fully saturated rings. The van der Waals surface area contributed by atoms with E-state index in [0.717, 1.165) is 12.2 Å². The fraction of sp³-hybridized carbons (Fsp3) is 0.250. The van der Waals surface area contributed by atoms with Crippen LogP contribution in [-0.2, 0) is 9.47 Å². The van der Waals surface area contributed by atoms with E-state index in [9.17, 15) is 13.6 Å². The number of methoxy groups -OCH3 is 1. The van der Waals surface area contributed by atoms with E-state index in [1.54, 1.807) is 0 Å². The van der Waals surface area contributed by atoms with E-state index in [2.05, 4.69) is 10.1 Å². The highest BCUT2D eigenvalue weighted by atomic mass is 19.1. The van der Waals surface area contributed by atoms with Gasteiger partial charge in [0.25, 0.3) is 0 Å². The Morgan fingerprint density at radius 3 is 3.00 bits per heavy atom. The van der Waals surface area contributed by atoms with Crippen LogP contribution in [0.3, 0.4) is 0 Å². The van der Waals surface area contributed by atoms with Crippen molar-refractivity contribution in [2.75, 3.05) is 13.7 Å². The molecule has 1 aliphatic carbocycles. The molecule has 0 aromatic carbocycles. The van der Waals surface area contributed by atoms with Gasteiger partial charge in [0.2, 0.25) is 0 Å². The molecule has 1 aliphatic heterocycles. The Bertz CT molecular complexity index is 492. The topological polar surface area (TPSA) is 47.6 Å². The molecule has 2 aliphatic rings. The number of carbonyl (C=O) groups is 1. The zero-order valence-electron chi connectivity index (χ0n) is 9.57. The van der Waals surface area contributed by atoms with E-state index in [4.69, 9.17) is 4.74 Å². The smallest absolute Gasteiger partial charge is 0.411 e. The molecule has 0 aromatic rings. The maximum Gasteiger partial charge on any atom is 0.411 e. The van der Waals surface area contributed by atoms with Gasteiger partial charge in [0.05, 0.1) is 12.8 Å². The lowest BCUT2D eigenvalue weighted by molar-refractivity contribution is 0.169. The van der Waals surface area contributed by atoms with E-state index < -0.39 is 18.1 Å². The second kappa shape index (κ2) is 5.03. The fourth-order valence-electron chi connectivity index (χ4n) is 1.59. The predicted octanol–water partition coefficient (Wildman–Crippen LogP) is 2.27. The third kappa shape index (κ3) is 2.77. The summed E-state index contributed by atoms with van der Waals surface area (Å²) in [7, 11) is 1.23. The third-order valence-corrected chi connectivity index (χ3v) is 2.37.